The maximum Gasteiger partial charge on any atom is 0.323 e. The van der Waals surface area contributed by atoms with E-state index in [1.807, 2.05) is 60.7 Å². The molecule has 2 aromatic heterocycles. The van der Waals surface area contributed by atoms with E-state index in [1.165, 1.54) is 0 Å². The number of carbonyl (C=O) groups excluding carboxylic acids is 1. The Morgan fingerprint density at radius 1 is 0.758 bits per heavy atom. The van der Waals surface area contributed by atoms with E-state index in [0.29, 0.717) is 17.5 Å². The first kappa shape index (κ1) is 20.0. The van der Waals surface area contributed by atoms with Gasteiger partial charge in [-0.05, 0) is 60.7 Å². The second-order valence-electron chi connectivity index (χ2n) is 7.21. The van der Waals surface area contributed by atoms with Crippen LogP contribution in [0.1, 0.15) is 0 Å². The number of hydrogen-bond acceptors (Lipinski definition) is 6. The van der Waals surface area contributed by atoms with Crippen molar-refractivity contribution in [2.24, 2.45) is 0 Å². The summed E-state index contributed by atoms with van der Waals surface area (Å²) in [6, 6.07) is 24.0. The molecule has 5 aromatic rings. The minimum Gasteiger partial charge on any atom is -0.340 e. The van der Waals surface area contributed by atoms with E-state index < -0.39 is 0 Å². The van der Waals surface area contributed by atoms with Crippen LogP contribution in [-0.4, -0.2) is 26.2 Å². The number of H-pyrrole nitrogens is 1. The highest BCUT2D eigenvalue weighted by Gasteiger charge is 2.05. The lowest BCUT2D eigenvalue weighted by molar-refractivity contribution is 0.262. The van der Waals surface area contributed by atoms with Crippen LogP contribution in [0.3, 0.4) is 0 Å². The number of rotatable bonds is 6. The number of anilines is 6. The lowest BCUT2D eigenvalue weighted by Gasteiger charge is -2.10. The van der Waals surface area contributed by atoms with Crippen LogP contribution in [0, 0.1) is 0 Å². The van der Waals surface area contributed by atoms with Crippen molar-refractivity contribution in [2.45, 2.75) is 0 Å². The molecule has 0 saturated carbocycles. The molecule has 0 aliphatic heterocycles. The Balaban J connectivity index is 1.21. The predicted molar refractivity (Wildman–Crippen MR) is 130 cm³/mol. The second-order valence-corrected chi connectivity index (χ2v) is 7.21. The number of nitrogens with zero attached hydrogens (tertiary/aromatic N) is 3. The molecule has 0 atom stereocenters. The largest absolute Gasteiger partial charge is 0.340 e. The lowest BCUT2D eigenvalue weighted by atomic mass is 10.2. The predicted octanol–water partition coefficient (Wildman–Crippen LogP) is 5.48. The van der Waals surface area contributed by atoms with Crippen LogP contribution in [0.5, 0.6) is 0 Å². The van der Waals surface area contributed by atoms with Crippen molar-refractivity contribution in [1.29, 1.82) is 0 Å². The van der Waals surface area contributed by atoms with Crippen molar-refractivity contribution < 1.29 is 4.79 Å². The fraction of sp³-hybridized carbons (Fsp3) is 0. The zero-order chi connectivity index (χ0) is 22.5. The Hall–Kier alpha value is -4.92. The van der Waals surface area contributed by atoms with Crippen LogP contribution in [0.4, 0.5) is 39.3 Å². The number of fused-ring (bicyclic) bond motifs is 1. The third kappa shape index (κ3) is 5.05. The van der Waals surface area contributed by atoms with Crippen LogP contribution < -0.4 is 21.3 Å². The normalized spacial score (nSPS) is 10.5. The maximum atomic E-state index is 12.1. The number of amides is 2. The van der Waals surface area contributed by atoms with Gasteiger partial charge in [0, 0.05) is 34.3 Å². The van der Waals surface area contributed by atoms with Gasteiger partial charge in [0.1, 0.15) is 5.82 Å². The second kappa shape index (κ2) is 9.06. The molecule has 0 radical (unpaired) electrons. The first-order chi connectivity index (χ1) is 16.2. The van der Waals surface area contributed by atoms with E-state index in [0.717, 1.165) is 28.0 Å². The van der Waals surface area contributed by atoms with Gasteiger partial charge in [-0.3, -0.25) is 5.10 Å². The molecule has 5 N–H and O–H groups in total. The Morgan fingerprint density at radius 3 is 2.30 bits per heavy atom. The van der Waals surface area contributed by atoms with Gasteiger partial charge < -0.3 is 21.3 Å². The van der Waals surface area contributed by atoms with Gasteiger partial charge >= 0.3 is 6.03 Å². The van der Waals surface area contributed by atoms with Gasteiger partial charge in [-0.2, -0.15) is 10.1 Å². The number of benzene rings is 3. The first-order valence-corrected chi connectivity index (χ1v) is 10.2. The molecule has 3 aromatic carbocycles. The number of aromatic nitrogens is 4. The monoisotopic (exact) mass is 436 g/mol. The molecular formula is C24H20N8O. The third-order valence-electron chi connectivity index (χ3n) is 4.80. The zero-order valence-corrected chi connectivity index (χ0v) is 17.4. The Morgan fingerprint density at radius 2 is 1.48 bits per heavy atom. The number of nitrogens with one attached hydrogen (secondary N) is 5. The third-order valence-corrected chi connectivity index (χ3v) is 4.80. The van der Waals surface area contributed by atoms with E-state index >= 15 is 0 Å². The molecular weight excluding hydrogens is 416 g/mol. The minimum absolute atomic E-state index is 0.308. The summed E-state index contributed by atoms with van der Waals surface area (Å²) in [7, 11) is 0. The first-order valence-electron chi connectivity index (χ1n) is 10.2. The van der Waals surface area contributed by atoms with Crippen LogP contribution in [0.2, 0.25) is 0 Å². The van der Waals surface area contributed by atoms with Crippen molar-refractivity contribution >= 4 is 51.4 Å². The molecule has 9 nitrogen and oxygen atoms in total. The topological polar surface area (TPSA) is 120 Å². The van der Waals surface area contributed by atoms with Crippen LogP contribution in [0.15, 0.2) is 91.3 Å². The SMILES string of the molecule is O=C(Nc1ccccc1)Nc1ccc(Nc2nccc(Nc3ccc4cn[nH]c4c3)n2)cc1. The van der Waals surface area contributed by atoms with Gasteiger partial charge in [-0.25, -0.2) is 9.78 Å². The standard InChI is InChI=1S/C24H20N8O/c33-24(29-17-4-2-1-3-5-17)30-19-10-8-18(9-11-19)28-23-25-13-12-22(31-23)27-20-7-6-16-15-26-32-21(16)14-20/h1-15H,(H,26,32)(H2,29,30,33)(H2,25,27,28,31). The minimum atomic E-state index is -0.308. The van der Waals surface area contributed by atoms with Gasteiger partial charge in [-0.15, -0.1) is 0 Å². The van der Waals surface area contributed by atoms with Gasteiger partial charge in [0.05, 0.1) is 11.7 Å². The van der Waals surface area contributed by atoms with Crippen LogP contribution in [-0.2, 0) is 0 Å². The number of hydrogen-bond donors (Lipinski definition) is 5. The van der Waals surface area contributed by atoms with E-state index in [4.69, 9.17) is 0 Å². The molecule has 0 aliphatic carbocycles. The van der Waals surface area contributed by atoms with Crippen molar-refractivity contribution in [1.82, 2.24) is 20.2 Å². The molecule has 0 saturated heterocycles. The summed E-state index contributed by atoms with van der Waals surface area (Å²) in [4.78, 5) is 20.9. The molecule has 33 heavy (non-hydrogen) atoms. The molecule has 2 heterocycles. The summed E-state index contributed by atoms with van der Waals surface area (Å²) >= 11 is 0. The van der Waals surface area contributed by atoms with Crippen LogP contribution in [0.25, 0.3) is 10.9 Å². The Labute approximate surface area is 189 Å². The summed E-state index contributed by atoms with van der Waals surface area (Å²) in [5.41, 5.74) is 4.02. The maximum absolute atomic E-state index is 12.1. The van der Waals surface area contributed by atoms with Crippen molar-refractivity contribution in [2.75, 3.05) is 21.3 Å². The highest BCUT2D eigenvalue weighted by Crippen LogP contribution is 2.22. The van der Waals surface area contributed by atoms with E-state index in [2.05, 4.69) is 41.4 Å². The quantitative estimate of drug-likeness (QED) is 0.240. The molecule has 0 fully saturated rings. The average molecular weight is 436 g/mol. The van der Waals surface area contributed by atoms with Crippen LogP contribution >= 0.6 is 0 Å². The fourth-order valence-electron chi connectivity index (χ4n) is 3.23. The van der Waals surface area contributed by atoms with Gasteiger partial charge in [0.2, 0.25) is 5.95 Å². The molecule has 0 bridgehead atoms. The van der Waals surface area contributed by atoms with Crippen molar-refractivity contribution in [3.8, 4) is 0 Å². The summed E-state index contributed by atoms with van der Waals surface area (Å²) in [5, 5.41) is 20.1. The summed E-state index contributed by atoms with van der Waals surface area (Å²) < 4.78 is 0. The van der Waals surface area contributed by atoms with E-state index in [1.54, 1.807) is 30.6 Å². The molecule has 0 aliphatic rings. The van der Waals surface area contributed by atoms with Gasteiger partial charge in [0.25, 0.3) is 0 Å². The Kier molecular flexibility index (Phi) is 5.50. The smallest absolute Gasteiger partial charge is 0.323 e. The van der Waals surface area contributed by atoms with Crippen molar-refractivity contribution in [3.05, 3.63) is 91.3 Å². The van der Waals surface area contributed by atoms with E-state index in [-0.39, 0.29) is 6.03 Å². The summed E-state index contributed by atoms with van der Waals surface area (Å²) in [5.74, 6) is 1.10. The molecule has 9 heteroatoms. The molecule has 162 valence electrons. The molecule has 5 rings (SSSR count). The summed E-state index contributed by atoms with van der Waals surface area (Å²) in [6.07, 6.45) is 3.46. The molecule has 0 unspecified atom stereocenters. The number of para-hydroxylation sites is 1. The Bertz CT molecular complexity index is 1380. The number of urea groups is 1. The van der Waals surface area contributed by atoms with Gasteiger partial charge in [0.15, 0.2) is 0 Å². The highest BCUT2D eigenvalue weighted by atomic mass is 16.2. The highest BCUT2D eigenvalue weighted by molar-refractivity contribution is 5.99. The lowest BCUT2D eigenvalue weighted by Crippen LogP contribution is -2.19. The zero-order valence-electron chi connectivity index (χ0n) is 17.4. The molecule has 2 amide bonds. The fourth-order valence-corrected chi connectivity index (χ4v) is 3.23. The van der Waals surface area contributed by atoms with Crippen molar-refractivity contribution in [3.63, 3.8) is 0 Å². The average Bonchev–Trinajstić information content (AvgIpc) is 3.29. The number of aromatic amines is 1. The van der Waals surface area contributed by atoms with Gasteiger partial charge in [-0.1, -0.05) is 18.2 Å². The summed E-state index contributed by atoms with van der Waals surface area (Å²) in [6.45, 7) is 0. The molecule has 0 spiro atoms. The number of carbonyl (C=O) groups is 1. The van der Waals surface area contributed by atoms with E-state index in [9.17, 15) is 4.79 Å².